The van der Waals surface area contributed by atoms with Gasteiger partial charge < -0.3 is 16.0 Å². The second-order valence-corrected chi connectivity index (χ2v) is 6.18. The third-order valence-electron chi connectivity index (χ3n) is 4.51. The molecule has 0 atom stereocenters. The van der Waals surface area contributed by atoms with Crippen molar-refractivity contribution in [2.45, 2.75) is 51.5 Å². The fourth-order valence-electron chi connectivity index (χ4n) is 2.99. The second-order valence-electron chi connectivity index (χ2n) is 6.18. The molecule has 1 aromatic rings. The monoisotopic (exact) mass is 316 g/mol. The molecule has 1 aliphatic rings. The van der Waals surface area contributed by atoms with E-state index in [2.05, 4.69) is 23.3 Å². The summed E-state index contributed by atoms with van der Waals surface area (Å²) in [5.41, 5.74) is 8.03. The molecule has 0 aromatic heterocycles. The molecule has 1 aliphatic carbocycles. The van der Waals surface area contributed by atoms with E-state index in [1.165, 1.54) is 24.8 Å². The predicted molar refractivity (Wildman–Crippen MR) is 95.6 cm³/mol. The van der Waals surface area contributed by atoms with Crippen LogP contribution in [0.15, 0.2) is 29.3 Å². The van der Waals surface area contributed by atoms with Crippen LogP contribution in [0.2, 0.25) is 0 Å². The van der Waals surface area contributed by atoms with Crippen molar-refractivity contribution in [2.75, 3.05) is 18.9 Å². The van der Waals surface area contributed by atoms with Gasteiger partial charge in [0.1, 0.15) is 6.54 Å². The first-order chi connectivity index (χ1) is 11.1. The summed E-state index contributed by atoms with van der Waals surface area (Å²) >= 11 is 0. The highest BCUT2D eigenvalue weighted by atomic mass is 16.2. The van der Waals surface area contributed by atoms with Gasteiger partial charge in [0.25, 0.3) is 0 Å². The molecular weight excluding hydrogens is 288 g/mol. The van der Waals surface area contributed by atoms with Crippen LogP contribution in [0.25, 0.3) is 0 Å². The number of aliphatic imine (C=N–C) groups is 1. The van der Waals surface area contributed by atoms with Gasteiger partial charge >= 0.3 is 0 Å². The highest BCUT2D eigenvalue weighted by molar-refractivity contribution is 5.93. The number of rotatable bonds is 5. The summed E-state index contributed by atoms with van der Waals surface area (Å²) in [4.78, 5) is 18.3. The van der Waals surface area contributed by atoms with Gasteiger partial charge in [-0.05, 0) is 37.0 Å². The van der Waals surface area contributed by atoms with Crippen LogP contribution in [0.3, 0.4) is 0 Å². The van der Waals surface area contributed by atoms with Crippen molar-refractivity contribution in [3.05, 3.63) is 29.8 Å². The van der Waals surface area contributed by atoms with E-state index in [0.29, 0.717) is 6.04 Å². The Labute approximate surface area is 139 Å². The number of aryl methyl sites for hydroxylation is 1. The van der Waals surface area contributed by atoms with Gasteiger partial charge in [-0.3, -0.25) is 4.79 Å². The quantitative estimate of drug-likeness (QED) is 0.648. The van der Waals surface area contributed by atoms with Crippen molar-refractivity contribution in [1.82, 2.24) is 4.90 Å². The number of nitrogens with one attached hydrogen (secondary N) is 1. The van der Waals surface area contributed by atoms with Crippen LogP contribution in [0.1, 0.15) is 44.6 Å². The molecular formula is C18H28N4O. The van der Waals surface area contributed by atoms with Gasteiger partial charge in [0.05, 0.1) is 0 Å². The zero-order chi connectivity index (χ0) is 16.7. The highest BCUT2D eigenvalue weighted by Crippen LogP contribution is 2.21. The molecule has 0 unspecified atom stereocenters. The van der Waals surface area contributed by atoms with Gasteiger partial charge in [-0.1, -0.05) is 38.3 Å². The molecule has 0 radical (unpaired) electrons. The minimum Gasteiger partial charge on any atom is -0.370 e. The number of guanidine groups is 1. The van der Waals surface area contributed by atoms with Crippen molar-refractivity contribution in [1.29, 1.82) is 0 Å². The lowest BCUT2D eigenvalue weighted by Crippen LogP contribution is -2.40. The standard InChI is InChI=1S/C18H28N4O/c1-3-14-8-7-9-15(12-14)21-18(19)20-13-17(23)22(2)16-10-5-4-6-11-16/h7-9,12,16H,3-6,10-11,13H2,1-2H3,(H3,19,20,21). The molecule has 0 saturated heterocycles. The summed E-state index contributed by atoms with van der Waals surface area (Å²) in [7, 11) is 1.88. The van der Waals surface area contributed by atoms with E-state index in [4.69, 9.17) is 5.73 Å². The van der Waals surface area contributed by atoms with E-state index < -0.39 is 0 Å². The first-order valence-electron chi connectivity index (χ1n) is 8.51. The molecule has 0 bridgehead atoms. The molecule has 1 amide bonds. The number of carbonyl (C=O) groups excluding carboxylic acids is 1. The van der Waals surface area contributed by atoms with Gasteiger partial charge in [0.15, 0.2) is 5.96 Å². The molecule has 2 rings (SSSR count). The average Bonchev–Trinajstić information content (AvgIpc) is 2.60. The van der Waals surface area contributed by atoms with Gasteiger partial charge in [0.2, 0.25) is 5.91 Å². The largest absolute Gasteiger partial charge is 0.370 e. The number of amides is 1. The van der Waals surface area contributed by atoms with Crippen molar-refractivity contribution in [2.24, 2.45) is 10.7 Å². The number of nitrogens with two attached hydrogens (primary N) is 1. The Balaban J connectivity index is 1.86. The Morgan fingerprint density at radius 2 is 2.09 bits per heavy atom. The van der Waals surface area contributed by atoms with Crippen molar-refractivity contribution in [3.8, 4) is 0 Å². The predicted octanol–water partition coefficient (Wildman–Crippen LogP) is 2.77. The van der Waals surface area contributed by atoms with Crippen LogP contribution in [0.5, 0.6) is 0 Å². The zero-order valence-corrected chi connectivity index (χ0v) is 14.2. The van der Waals surface area contributed by atoms with E-state index in [-0.39, 0.29) is 18.4 Å². The number of hydrogen-bond acceptors (Lipinski definition) is 2. The summed E-state index contributed by atoms with van der Waals surface area (Å²) < 4.78 is 0. The lowest BCUT2D eigenvalue weighted by atomic mass is 9.94. The first kappa shape index (κ1) is 17.3. The zero-order valence-electron chi connectivity index (χ0n) is 14.2. The van der Waals surface area contributed by atoms with Gasteiger partial charge in [-0.25, -0.2) is 4.99 Å². The first-order valence-corrected chi connectivity index (χ1v) is 8.51. The van der Waals surface area contributed by atoms with Crippen LogP contribution in [0, 0.1) is 0 Å². The fraction of sp³-hybridized carbons (Fsp3) is 0.556. The number of hydrogen-bond donors (Lipinski definition) is 2. The van der Waals surface area contributed by atoms with E-state index in [0.717, 1.165) is 24.9 Å². The van der Waals surface area contributed by atoms with Gasteiger partial charge in [-0.2, -0.15) is 0 Å². The SMILES string of the molecule is CCc1cccc(NC(N)=NCC(=O)N(C)C2CCCCC2)c1. The average molecular weight is 316 g/mol. The summed E-state index contributed by atoms with van der Waals surface area (Å²) in [6.07, 6.45) is 6.88. The maximum atomic E-state index is 12.2. The maximum absolute atomic E-state index is 12.2. The molecule has 0 aliphatic heterocycles. The Bertz CT molecular complexity index is 550. The number of benzene rings is 1. The third-order valence-corrected chi connectivity index (χ3v) is 4.51. The number of anilines is 1. The van der Waals surface area contributed by atoms with E-state index in [1.807, 2.05) is 30.1 Å². The lowest BCUT2D eigenvalue weighted by molar-refractivity contribution is -0.130. The summed E-state index contributed by atoms with van der Waals surface area (Å²) in [6.45, 7) is 2.20. The van der Waals surface area contributed by atoms with Gasteiger partial charge in [-0.15, -0.1) is 0 Å². The topological polar surface area (TPSA) is 70.7 Å². The van der Waals surface area contributed by atoms with Crippen LogP contribution in [-0.2, 0) is 11.2 Å². The van der Waals surface area contributed by atoms with Crippen LogP contribution >= 0.6 is 0 Å². The van der Waals surface area contributed by atoms with Crippen molar-refractivity contribution >= 4 is 17.6 Å². The molecule has 5 nitrogen and oxygen atoms in total. The Morgan fingerprint density at radius 1 is 1.35 bits per heavy atom. The van der Waals surface area contributed by atoms with Crippen molar-refractivity contribution < 1.29 is 4.79 Å². The van der Waals surface area contributed by atoms with Crippen LogP contribution in [0.4, 0.5) is 5.69 Å². The molecule has 1 aromatic carbocycles. The molecule has 3 N–H and O–H groups in total. The number of likely N-dealkylation sites (N-methyl/N-ethyl adjacent to an activating group) is 1. The second kappa shape index (κ2) is 8.56. The fourth-order valence-corrected chi connectivity index (χ4v) is 2.99. The molecule has 23 heavy (non-hydrogen) atoms. The lowest BCUT2D eigenvalue weighted by Gasteiger charge is -2.30. The Morgan fingerprint density at radius 3 is 2.78 bits per heavy atom. The van der Waals surface area contributed by atoms with Crippen molar-refractivity contribution in [3.63, 3.8) is 0 Å². The molecule has 5 heteroatoms. The van der Waals surface area contributed by atoms with E-state index >= 15 is 0 Å². The number of nitrogens with zero attached hydrogens (tertiary/aromatic N) is 2. The summed E-state index contributed by atoms with van der Waals surface area (Å²) in [6, 6.07) is 8.40. The number of carbonyl (C=O) groups is 1. The molecule has 126 valence electrons. The normalized spacial score (nSPS) is 16.2. The molecule has 1 saturated carbocycles. The maximum Gasteiger partial charge on any atom is 0.244 e. The Kier molecular flexibility index (Phi) is 6.44. The minimum atomic E-state index is 0.0314. The third kappa shape index (κ3) is 5.27. The van der Waals surface area contributed by atoms with Gasteiger partial charge in [0, 0.05) is 18.8 Å². The summed E-state index contributed by atoms with van der Waals surface area (Å²) in [5, 5.41) is 3.05. The molecule has 1 fully saturated rings. The molecule has 0 spiro atoms. The molecule has 0 heterocycles. The smallest absolute Gasteiger partial charge is 0.244 e. The van der Waals surface area contributed by atoms with Crippen LogP contribution < -0.4 is 11.1 Å². The van der Waals surface area contributed by atoms with Crippen LogP contribution in [-0.4, -0.2) is 36.4 Å². The summed E-state index contributed by atoms with van der Waals surface area (Å²) in [5.74, 6) is 0.313. The Hall–Kier alpha value is -2.04. The highest BCUT2D eigenvalue weighted by Gasteiger charge is 2.21. The minimum absolute atomic E-state index is 0.0314. The van der Waals surface area contributed by atoms with E-state index in [9.17, 15) is 4.79 Å². The van der Waals surface area contributed by atoms with E-state index in [1.54, 1.807) is 0 Å².